The zero-order valence-corrected chi connectivity index (χ0v) is 28.1. The molecule has 0 aliphatic rings. The van der Waals surface area contributed by atoms with Crippen molar-refractivity contribution in [3.05, 3.63) is 24.3 Å². The number of hydrogen-bond donors (Lipinski definition) is 1. The number of rotatable bonds is 33. The molecule has 4 nitrogen and oxygen atoms in total. The third-order valence-corrected chi connectivity index (χ3v) is 8.14. The van der Waals surface area contributed by atoms with Gasteiger partial charge in [-0.25, -0.2) is 0 Å². The van der Waals surface area contributed by atoms with Crippen molar-refractivity contribution in [2.45, 2.75) is 206 Å². The van der Waals surface area contributed by atoms with Gasteiger partial charge in [-0.1, -0.05) is 167 Å². The second-order valence-corrected chi connectivity index (χ2v) is 12.4. The highest BCUT2D eigenvalue weighted by Crippen LogP contribution is 2.16. The van der Waals surface area contributed by atoms with E-state index in [9.17, 15) is 9.59 Å². The van der Waals surface area contributed by atoms with E-state index in [1.165, 1.54) is 109 Å². The van der Waals surface area contributed by atoms with E-state index in [4.69, 9.17) is 9.84 Å². The quantitative estimate of drug-likeness (QED) is 0.0469. The largest absolute Gasteiger partial charge is 0.481 e. The third kappa shape index (κ3) is 32.9. The molecule has 0 saturated carbocycles. The van der Waals surface area contributed by atoms with Crippen molar-refractivity contribution in [1.82, 2.24) is 0 Å². The van der Waals surface area contributed by atoms with E-state index in [1.54, 1.807) is 0 Å². The van der Waals surface area contributed by atoms with Crippen LogP contribution >= 0.6 is 0 Å². The SMILES string of the molecule is CCC/C=C\C/C=C\C(CCCCCCC(=O)O)OC(=O)CCCCCCCCCCCCCCCCCCCCC. The molecule has 0 rings (SSSR count). The van der Waals surface area contributed by atoms with Crippen LogP contribution in [0.3, 0.4) is 0 Å². The van der Waals surface area contributed by atoms with Crippen molar-refractivity contribution >= 4 is 11.9 Å². The molecule has 0 bridgehead atoms. The summed E-state index contributed by atoms with van der Waals surface area (Å²) < 4.78 is 5.82. The van der Waals surface area contributed by atoms with Crippen LogP contribution in [-0.4, -0.2) is 23.1 Å². The lowest BCUT2D eigenvalue weighted by atomic mass is 10.0. The van der Waals surface area contributed by atoms with Gasteiger partial charge in [-0.15, -0.1) is 0 Å². The Morgan fingerprint density at radius 1 is 0.548 bits per heavy atom. The molecule has 0 aromatic rings. The number of carbonyl (C=O) groups is 2. The molecule has 246 valence electrons. The van der Waals surface area contributed by atoms with Crippen molar-refractivity contribution in [2.75, 3.05) is 0 Å². The normalized spacial score (nSPS) is 12.4. The zero-order valence-electron chi connectivity index (χ0n) is 28.1. The van der Waals surface area contributed by atoms with Gasteiger partial charge >= 0.3 is 11.9 Å². The molecule has 0 saturated heterocycles. The van der Waals surface area contributed by atoms with E-state index in [0.717, 1.165) is 64.2 Å². The van der Waals surface area contributed by atoms with Crippen LogP contribution in [0.15, 0.2) is 24.3 Å². The number of aliphatic carboxylic acids is 1. The van der Waals surface area contributed by atoms with Crippen molar-refractivity contribution in [1.29, 1.82) is 0 Å². The molecule has 0 spiro atoms. The number of unbranched alkanes of at least 4 members (excludes halogenated alkanes) is 22. The van der Waals surface area contributed by atoms with Crippen LogP contribution in [0.1, 0.15) is 200 Å². The van der Waals surface area contributed by atoms with Crippen LogP contribution < -0.4 is 0 Å². The van der Waals surface area contributed by atoms with Gasteiger partial charge in [-0.3, -0.25) is 9.59 Å². The highest BCUT2D eigenvalue weighted by atomic mass is 16.5. The van der Waals surface area contributed by atoms with Crippen LogP contribution in [0.5, 0.6) is 0 Å². The fraction of sp³-hybridized carbons (Fsp3) is 0.842. The summed E-state index contributed by atoms with van der Waals surface area (Å²) in [5.74, 6) is -0.806. The first kappa shape index (κ1) is 40.4. The van der Waals surface area contributed by atoms with Crippen LogP contribution in [0.25, 0.3) is 0 Å². The van der Waals surface area contributed by atoms with Crippen LogP contribution in [0.2, 0.25) is 0 Å². The Labute approximate surface area is 261 Å². The van der Waals surface area contributed by atoms with Gasteiger partial charge in [0.2, 0.25) is 0 Å². The number of esters is 1. The summed E-state index contributed by atoms with van der Waals surface area (Å²) in [5, 5.41) is 8.78. The monoisotopic (exact) mass is 591 g/mol. The van der Waals surface area contributed by atoms with E-state index in [0.29, 0.717) is 6.42 Å². The number of carbonyl (C=O) groups excluding carboxylic acids is 1. The molecule has 1 unspecified atom stereocenters. The summed E-state index contributed by atoms with van der Waals surface area (Å²) in [7, 11) is 0. The average Bonchev–Trinajstić information content (AvgIpc) is 2.97. The average molecular weight is 591 g/mol. The maximum absolute atomic E-state index is 12.5. The molecule has 0 aliphatic carbocycles. The maximum atomic E-state index is 12.5. The summed E-state index contributed by atoms with van der Waals surface area (Å²) in [4.78, 5) is 23.2. The first-order valence-corrected chi connectivity index (χ1v) is 18.3. The lowest BCUT2D eigenvalue weighted by Crippen LogP contribution is -2.16. The van der Waals surface area contributed by atoms with Crippen LogP contribution in [0, 0.1) is 0 Å². The Morgan fingerprint density at radius 2 is 1.00 bits per heavy atom. The molecule has 42 heavy (non-hydrogen) atoms. The fourth-order valence-corrected chi connectivity index (χ4v) is 5.43. The Kier molecular flexibility index (Phi) is 32.6. The Bertz CT molecular complexity index is 639. The topological polar surface area (TPSA) is 63.6 Å². The maximum Gasteiger partial charge on any atom is 0.306 e. The summed E-state index contributed by atoms with van der Waals surface area (Å²) in [6.07, 6.45) is 42.3. The van der Waals surface area contributed by atoms with E-state index in [1.807, 2.05) is 6.08 Å². The van der Waals surface area contributed by atoms with Gasteiger partial charge in [0.05, 0.1) is 0 Å². The van der Waals surface area contributed by atoms with Gasteiger partial charge in [0, 0.05) is 12.8 Å². The predicted molar refractivity (Wildman–Crippen MR) is 181 cm³/mol. The molecule has 0 radical (unpaired) electrons. The van der Waals surface area contributed by atoms with Gasteiger partial charge in [0.1, 0.15) is 6.10 Å². The van der Waals surface area contributed by atoms with E-state index < -0.39 is 5.97 Å². The number of allylic oxidation sites excluding steroid dienone is 3. The number of hydrogen-bond acceptors (Lipinski definition) is 3. The molecule has 0 amide bonds. The summed E-state index contributed by atoms with van der Waals surface area (Å²) in [6.45, 7) is 4.46. The first-order valence-electron chi connectivity index (χ1n) is 18.3. The number of carboxylic acid groups (broad SMARTS) is 1. The Balaban J connectivity index is 3.79. The molecular weight excluding hydrogens is 520 g/mol. The molecule has 4 heteroatoms. The second-order valence-electron chi connectivity index (χ2n) is 12.4. The third-order valence-electron chi connectivity index (χ3n) is 8.14. The number of carboxylic acids is 1. The van der Waals surface area contributed by atoms with Crippen molar-refractivity contribution in [3.63, 3.8) is 0 Å². The van der Waals surface area contributed by atoms with E-state index in [-0.39, 0.29) is 18.5 Å². The van der Waals surface area contributed by atoms with Crippen molar-refractivity contribution in [2.24, 2.45) is 0 Å². The molecule has 1 N–H and O–H groups in total. The Morgan fingerprint density at radius 3 is 1.48 bits per heavy atom. The van der Waals surface area contributed by atoms with Gasteiger partial charge < -0.3 is 9.84 Å². The minimum absolute atomic E-state index is 0.0796. The standard InChI is InChI=1S/C38H70O4/c1-3-5-7-9-11-12-13-14-15-16-17-18-19-20-21-22-23-25-31-35-38(41)42-36(32-28-24-10-8-6-4-2)33-29-26-27-30-34-37(39)40/h8,10,28,32,36H,3-7,9,11-27,29-31,33-35H2,1-2H3,(H,39,40)/b10-8-,32-28-. The predicted octanol–water partition coefficient (Wildman–Crippen LogP) is 12.4. The van der Waals surface area contributed by atoms with Gasteiger partial charge in [-0.05, 0) is 44.6 Å². The van der Waals surface area contributed by atoms with E-state index >= 15 is 0 Å². The Hall–Kier alpha value is -1.58. The molecule has 0 aromatic heterocycles. The highest BCUT2D eigenvalue weighted by Gasteiger charge is 2.11. The first-order chi connectivity index (χ1) is 20.6. The molecule has 0 fully saturated rings. The molecule has 0 aliphatic heterocycles. The van der Waals surface area contributed by atoms with Crippen molar-refractivity contribution in [3.8, 4) is 0 Å². The summed E-state index contributed by atoms with van der Waals surface area (Å²) >= 11 is 0. The minimum atomic E-state index is -0.726. The summed E-state index contributed by atoms with van der Waals surface area (Å²) in [6, 6.07) is 0. The fourth-order valence-electron chi connectivity index (χ4n) is 5.43. The van der Waals surface area contributed by atoms with Crippen molar-refractivity contribution < 1.29 is 19.4 Å². The second kappa shape index (κ2) is 33.9. The van der Waals surface area contributed by atoms with Crippen LogP contribution in [-0.2, 0) is 14.3 Å². The summed E-state index contributed by atoms with van der Waals surface area (Å²) in [5.41, 5.74) is 0. The molecule has 1 atom stereocenters. The smallest absolute Gasteiger partial charge is 0.306 e. The van der Waals surface area contributed by atoms with Gasteiger partial charge in [0.25, 0.3) is 0 Å². The molecule has 0 aromatic carbocycles. The highest BCUT2D eigenvalue weighted by molar-refractivity contribution is 5.69. The van der Waals surface area contributed by atoms with E-state index in [2.05, 4.69) is 32.1 Å². The van der Waals surface area contributed by atoms with Gasteiger partial charge in [-0.2, -0.15) is 0 Å². The minimum Gasteiger partial charge on any atom is -0.481 e. The lowest BCUT2D eigenvalue weighted by Gasteiger charge is -2.14. The molecular formula is C38H70O4. The zero-order chi connectivity index (χ0) is 30.8. The lowest BCUT2D eigenvalue weighted by molar-refractivity contribution is -0.147. The number of ether oxygens (including phenoxy) is 1. The molecule has 0 heterocycles. The van der Waals surface area contributed by atoms with Gasteiger partial charge in [0.15, 0.2) is 0 Å². The van der Waals surface area contributed by atoms with Crippen LogP contribution in [0.4, 0.5) is 0 Å².